The minimum absolute atomic E-state index is 0.0577. The monoisotopic (exact) mass is 349 g/mol. The predicted octanol–water partition coefficient (Wildman–Crippen LogP) is 4.16. The maximum absolute atomic E-state index is 12.7. The topological polar surface area (TPSA) is 66.6 Å². The van der Waals surface area contributed by atoms with Crippen LogP contribution in [0, 0.1) is 0 Å². The SMILES string of the molecule is CCc1nc2cc(Cl)ccn2c1C(=O)Nc1cc(Cl)ccc1O. The van der Waals surface area contributed by atoms with Crippen LogP contribution in [0.15, 0.2) is 36.5 Å². The molecule has 5 nitrogen and oxygen atoms in total. The highest BCUT2D eigenvalue weighted by atomic mass is 35.5. The zero-order chi connectivity index (χ0) is 16.6. The molecule has 1 amide bonds. The van der Waals surface area contributed by atoms with Crippen molar-refractivity contribution in [2.24, 2.45) is 0 Å². The zero-order valence-electron chi connectivity index (χ0n) is 12.2. The van der Waals surface area contributed by atoms with E-state index in [1.165, 1.54) is 12.1 Å². The first-order valence-corrected chi connectivity index (χ1v) is 7.71. The van der Waals surface area contributed by atoms with Gasteiger partial charge < -0.3 is 10.4 Å². The maximum Gasteiger partial charge on any atom is 0.274 e. The number of aryl methyl sites for hydroxylation is 1. The lowest BCUT2D eigenvalue weighted by Crippen LogP contribution is -2.16. The molecule has 0 saturated heterocycles. The van der Waals surface area contributed by atoms with E-state index in [0.29, 0.717) is 33.5 Å². The van der Waals surface area contributed by atoms with Crippen LogP contribution in [0.3, 0.4) is 0 Å². The molecule has 0 saturated carbocycles. The van der Waals surface area contributed by atoms with E-state index in [-0.39, 0.29) is 17.3 Å². The summed E-state index contributed by atoms with van der Waals surface area (Å²) in [6.45, 7) is 1.91. The fourth-order valence-corrected chi connectivity index (χ4v) is 2.67. The van der Waals surface area contributed by atoms with E-state index in [4.69, 9.17) is 23.2 Å². The molecular weight excluding hydrogens is 337 g/mol. The quantitative estimate of drug-likeness (QED) is 0.697. The van der Waals surface area contributed by atoms with Gasteiger partial charge in [-0.3, -0.25) is 9.20 Å². The van der Waals surface area contributed by atoms with Crippen LogP contribution in [0.4, 0.5) is 5.69 Å². The smallest absolute Gasteiger partial charge is 0.274 e. The van der Waals surface area contributed by atoms with Crippen molar-refractivity contribution >= 4 is 40.4 Å². The largest absolute Gasteiger partial charge is 0.506 e. The predicted molar refractivity (Wildman–Crippen MR) is 90.7 cm³/mol. The second-order valence-corrected chi connectivity index (χ2v) is 5.82. The first kappa shape index (κ1) is 15.6. The molecule has 0 radical (unpaired) electrons. The van der Waals surface area contributed by atoms with Crippen molar-refractivity contribution < 1.29 is 9.90 Å². The Morgan fingerprint density at radius 2 is 2.00 bits per heavy atom. The van der Waals surface area contributed by atoms with Gasteiger partial charge in [0.05, 0.1) is 11.4 Å². The van der Waals surface area contributed by atoms with Gasteiger partial charge in [-0.05, 0) is 30.7 Å². The van der Waals surface area contributed by atoms with Crippen LogP contribution in [0.25, 0.3) is 5.65 Å². The minimum Gasteiger partial charge on any atom is -0.506 e. The van der Waals surface area contributed by atoms with Crippen LogP contribution in [0.1, 0.15) is 23.1 Å². The summed E-state index contributed by atoms with van der Waals surface area (Å²) in [5.41, 5.74) is 1.88. The Morgan fingerprint density at radius 1 is 1.26 bits per heavy atom. The number of pyridine rings is 1. The number of rotatable bonds is 3. The van der Waals surface area contributed by atoms with Gasteiger partial charge in [0.25, 0.3) is 5.91 Å². The van der Waals surface area contributed by atoms with Crippen molar-refractivity contribution in [3.63, 3.8) is 0 Å². The number of carbonyl (C=O) groups is 1. The fraction of sp³-hybridized carbons (Fsp3) is 0.125. The van der Waals surface area contributed by atoms with Crippen LogP contribution in [-0.2, 0) is 6.42 Å². The lowest BCUT2D eigenvalue weighted by molar-refractivity contribution is 0.102. The molecule has 0 atom stereocenters. The van der Waals surface area contributed by atoms with Gasteiger partial charge in [0.1, 0.15) is 17.1 Å². The van der Waals surface area contributed by atoms with Crippen molar-refractivity contribution in [3.05, 3.63) is 58.0 Å². The third-order valence-corrected chi connectivity index (χ3v) is 3.89. The van der Waals surface area contributed by atoms with Gasteiger partial charge in [-0.1, -0.05) is 30.1 Å². The number of aromatic nitrogens is 2. The highest BCUT2D eigenvalue weighted by Gasteiger charge is 2.19. The molecule has 0 aliphatic heterocycles. The normalized spacial score (nSPS) is 10.9. The first-order valence-electron chi connectivity index (χ1n) is 6.96. The van der Waals surface area contributed by atoms with Crippen molar-refractivity contribution in [2.75, 3.05) is 5.32 Å². The van der Waals surface area contributed by atoms with Crippen molar-refractivity contribution in [1.29, 1.82) is 0 Å². The van der Waals surface area contributed by atoms with Crippen molar-refractivity contribution in [3.8, 4) is 5.75 Å². The molecule has 23 heavy (non-hydrogen) atoms. The Morgan fingerprint density at radius 3 is 2.74 bits per heavy atom. The summed E-state index contributed by atoms with van der Waals surface area (Å²) >= 11 is 11.9. The lowest BCUT2D eigenvalue weighted by atomic mass is 10.2. The van der Waals surface area contributed by atoms with E-state index in [9.17, 15) is 9.90 Å². The number of amides is 1. The Hall–Kier alpha value is -2.24. The molecule has 2 aromatic heterocycles. The average molecular weight is 350 g/mol. The van der Waals surface area contributed by atoms with E-state index in [2.05, 4.69) is 10.3 Å². The number of hydrogen-bond acceptors (Lipinski definition) is 3. The van der Waals surface area contributed by atoms with E-state index >= 15 is 0 Å². The van der Waals surface area contributed by atoms with Gasteiger partial charge in [0.2, 0.25) is 0 Å². The summed E-state index contributed by atoms with van der Waals surface area (Å²) in [6.07, 6.45) is 2.28. The molecule has 2 heterocycles. The van der Waals surface area contributed by atoms with Gasteiger partial charge in [-0.2, -0.15) is 0 Å². The van der Waals surface area contributed by atoms with Crippen LogP contribution in [-0.4, -0.2) is 20.4 Å². The van der Waals surface area contributed by atoms with Gasteiger partial charge in [0, 0.05) is 22.3 Å². The Kier molecular flexibility index (Phi) is 4.15. The second kappa shape index (κ2) is 6.10. The number of phenolic OH excluding ortho intramolecular Hbond substituents is 1. The number of halogens is 2. The Balaban J connectivity index is 2.05. The average Bonchev–Trinajstić information content (AvgIpc) is 2.88. The highest BCUT2D eigenvalue weighted by molar-refractivity contribution is 6.31. The van der Waals surface area contributed by atoms with E-state index < -0.39 is 0 Å². The summed E-state index contributed by atoms with van der Waals surface area (Å²) in [5, 5.41) is 13.5. The number of carbonyl (C=O) groups excluding carboxylic acids is 1. The molecule has 0 fully saturated rings. The minimum atomic E-state index is -0.380. The standard InChI is InChI=1S/C16H13Cl2N3O2/c1-2-11-15(21-6-5-10(18)8-14(21)19-11)16(23)20-12-7-9(17)3-4-13(12)22/h3-8,22H,2H2,1H3,(H,20,23). The molecule has 0 unspecified atom stereocenters. The fourth-order valence-electron chi connectivity index (χ4n) is 2.35. The lowest BCUT2D eigenvalue weighted by Gasteiger charge is -2.09. The first-order chi connectivity index (χ1) is 11.0. The van der Waals surface area contributed by atoms with Crippen LogP contribution >= 0.6 is 23.2 Å². The third-order valence-electron chi connectivity index (χ3n) is 3.42. The number of imidazole rings is 1. The second-order valence-electron chi connectivity index (χ2n) is 4.95. The highest BCUT2D eigenvalue weighted by Crippen LogP contribution is 2.27. The zero-order valence-corrected chi connectivity index (χ0v) is 13.7. The molecular formula is C16H13Cl2N3O2. The van der Waals surface area contributed by atoms with Gasteiger partial charge in [0.15, 0.2) is 0 Å². The molecule has 118 valence electrons. The van der Waals surface area contributed by atoms with E-state index in [1.807, 2.05) is 6.92 Å². The van der Waals surface area contributed by atoms with Crippen molar-refractivity contribution in [1.82, 2.24) is 9.38 Å². The number of aromatic hydroxyl groups is 1. The molecule has 3 rings (SSSR count). The number of anilines is 1. The van der Waals surface area contributed by atoms with Crippen LogP contribution in [0.2, 0.25) is 10.0 Å². The summed E-state index contributed by atoms with van der Waals surface area (Å²) in [5.74, 6) is -0.438. The summed E-state index contributed by atoms with van der Waals surface area (Å²) in [7, 11) is 0. The number of phenols is 1. The number of hydrogen-bond donors (Lipinski definition) is 2. The number of nitrogens with zero attached hydrogens (tertiary/aromatic N) is 2. The molecule has 0 aliphatic rings. The third kappa shape index (κ3) is 2.98. The van der Waals surface area contributed by atoms with Crippen molar-refractivity contribution in [2.45, 2.75) is 13.3 Å². The molecule has 3 aromatic rings. The molecule has 0 bridgehead atoms. The van der Waals surface area contributed by atoms with Gasteiger partial charge in [-0.15, -0.1) is 0 Å². The molecule has 7 heteroatoms. The number of fused-ring (bicyclic) bond motifs is 1. The van der Waals surface area contributed by atoms with E-state index in [1.54, 1.807) is 28.8 Å². The summed E-state index contributed by atoms with van der Waals surface area (Å²) < 4.78 is 1.67. The van der Waals surface area contributed by atoms with E-state index in [0.717, 1.165) is 0 Å². The van der Waals surface area contributed by atoms with Gasteiger partial charge >= 0.3 is 0 Å². The summed E-state index contributed by atoms with van der Waals surface area (Å²) in [4.78, 5) is 17.1. The van der Waals surface area contributed by atoms with Gasteiger partial charge in [-0.25, -0.2) is 4.98 Å². The van der Waals surface area contributed by atoms with Crippen LogP contribution in [0.5, 0.6) is 5.75 Å². The number of benzene rings is 1. The molecule has 0 spiro atoms. The summed E-state index contributed by atoms with van der Waals surface area (Å²) in [6, 6.07) is 7.82. The Labute approximate surface area is 142 Å². The molecule has 2 N–H and O–H groups in total. The molecule has 0 aliphatic carbocycles. The molecule has 1 aromatic carbocycles. The van der Waals surface area contributed by atoms with Crippen LogP contribution < -0.4 is 5.32 Å². The number of nitrogens with one attached hydrogen (secondary N) is 1. The maximum atomic E-state index is 12.7. The Bertz CT molecular complexity index is 906.